The van der Waals surface area contributed by atoms with E-state index in [-0.39, 0.29) is 36.3 Å². The molecule has 1 heterocycles. The lowest BCUT2D eigenvalue weighted by atomic mass is 10.1. The minimum absolute atomic E-state index is 0.00424. The minimum atomic E-state index is -4.58. The number of fused-ring (bicyclic) bond motifs is 1. The van der Waals surface area contributed by atoms with Crippen LogP contribution in [0, 0.1) is 11.6 Å². The summed E-state index contributed by atoms with van der Waals surface area (Å²) in [5, 5.41) is 18.9. The Balaban J connectivity index is 1.29. The first-order valence-electron chi connectivity index (χ1n) is 11.1. The maximum Gasteiger partial charge on any atom is 0.435 e. The van der Waals surface area contributed by atoms with Crippen LogP contribution in [0.5, 0.6) is 5.75 Å². The summed E-state index contributed by atoms with van der Waals surface area (Å²) >= 11 is 0. The lowest BCUT2D eigenvalue weighted by Gasteiger charge is -2.15. The van der Waals surface area contributed by atoms with Crippen LogP contribution in [0.3, 0.4) is 0 Å². The highest BCUT2D eigenvalue weighted by Crippen LogP contribution is 2.34. The van der Waals surface area contributed by atoms with Gasteiger partial charge in [-0.15, -0.1) is 0 Å². The molecule has 3 aromatic carbocycles. The molecule has 4 N–H and O–H groups in total. The van der Waals surface area contributed by atoms with Gasteiger partial charge in [-0.3, -0.25) is 9.82 Å². The van der Waals surface area contributed by atoms with Gasteiger partial charge in [0.15, 0.2) is 10.6 Å². The Labute approximate surface area is 213 Å². The number of ether oxygens (including phenoxy) is 1. The molecule has 0 radical (unpaired) electrons. The lowest BCUT2D eigenvalue weighted by molar-refractivity contribution is -0.139. The van der Waals surface area contributed by atoms with Crippen LogP contribution >= 0.6 is 0 Å². The van der Waals surface area contributed by atoms with E-state index in [4.69, 9.17) is 4.74 Å². The number of halogens is 5. The van der Waals surface area contributed by atoms with Crippen molar-refractivity contribution in [2.75, 3.05) is 24.4 Å². The zero-order chi connectivity index (χ0) is 27.5. The van der Waals surface area contributed by atoms with Gasteiger partial charge in [-0.2, -0.15) is 18.3 Å². The van der Waals surface area contributed by atoms with Gasteiger partial charge in [0.05, 0.1) is 11.6 Å². The first-order valence-corrected chi connectivity index (χ1v) is 12.6. The monoisotopic (exact) mass is 556 g/mol. The van der Waals surface area contributed by atoms with Crippen molar-refractivity contribution >= 4 is 26.6 Å². The van der Waals surface area contributed by atoms with Gasteiger partial charge in [-0.05, 0) is 42.0 Å². The number of anilines is 1. The molecular formula is C24H21F5N4O4S. The highest BCUT2D eigenvalue weighted by atomic mass is 32.2. The molecule has 0 unspecified atom stereocenters. The summed E-state index contributed by atoms with van der Waals surface area (Å²) in [4.78, 5) is -1.11. The van der Waals surface area contributed by atoms with Crippen molar-refractivity contribution in [3.63, 3.8) is 0 Å². The van der Waals surface area contributed by atoms with E-state index in [1.807, 2.05) is 0 Å². The van der Waals surface area contributed by atoms with E-state index in [1.165, 1.54) is 36.4 Å². The summed E-state index contributed by atoms with van der Waals surface area (Å²) in [6.07, 6.45) is -5.64. The molecule has 0 saturated heterocycles. The predicted molar refractivity (Wildman–Crippen MR) is 128 cm³/mol. The van der Waals surface area contributed by atoms with Gasteiger partial charge < -0.3 is 15.2 Å². The number of hydrogen-bond acceptors (Lipinski definition) is 6. The van der Waals surface area contributed by atoms with Crippen LogP contribution in [-0.2, 0) is 16.2 Å². The number of hydrogen-bond donors (Lipinski definition) is 4. The van der Waals surface area contributed by atoms with Gasteiger partial charge in [0, 0.05) is 30.2 Å². The summed E-state index contributed by atoms with van der Waals surface area (Å²) in [6, 6.07) is 12.4. The fourth-order valence-corrected chi connectivity index (χ4v) is 4.85. The van der Waals surface area contributed by atoms with Gasteiger partial charge >= 0.3 is 6.18 Å². The molecule has 8 nitrogen and oxygen atoms in total. The zero-order valence-electron chi connectivity index (χ0n) is 19.4. The van der Waals surface area contributed by atoms with Crippen LogP contribution in [0.4, 0.5) is 27.6 Å². The molecule has 4 aromatic rings. The first-order chi connectivity index (χ1) is 18.0. The average Bonchev–Trinajstić information content (AvgIpc) is 3.27. The highest BCUT2D eigenvalue weighted by Gasteiger charge is 2.35. The summed E-state index contributed by atoms with van der Waals surface area (Å²) < 4.78 is 99.2. The quantitative estimate of drug-likeness (QED) is 0.170. The van der Waals surface area contributed by atoms with Crippen molar-refractivity contribution in [3.8, 4) is 5.75 Å². The molecule has 0 aliphatic heterocycles. The van der Waals surface area contributed by atoms with Crippen LogP contribution in [-0.4, -0.2) is 43.4 Å². The van der Waals surface area contributed by atoms with Gasteiger partial charge in [-0.25, -0.2) is 17.2 Å². The molecule has 0 aliphatic rings. The maximum atomic E-state index is 13.9. The summed E-state index contributed by atoms with van der Waals surface area (Å²) in [5.74, 6) is -2.16. The van der Waals surface area contributed by atoms with E-state index < -0.39 is 44.5 Å². The Hall–Kier alpha value is -3.75. The fraction of sp³-hybridized carbons (Fsp3) is 0.208. The topological polar surface area (TPSA) is 116 Å². The SMILES string of the molecule is O=S(=O)(Nc1cccc([C@@H](O)CNCCOc2ccc3c(C(F)(F)F)n[nH]c3c2)c1)c1c(F)cccc1F. The summed E-state index contributed by atoms with van der Waals surface area (Å²) in [6.45, 7) is 0.452. The first kappa shape index (κ1) is 27.3. The molecule has 4 rings (SSSR count). The average molecular weight is 557 g/mol. The summed E-state index contributed by atoms with van der Waals surface area (Å²) in [7, 11) is -4.56. The zero-order valence-corrected chi connectivity index (χ0v) is 20.2. The molecule has 0 spiro atoms. The number of nitrogens with one attached hydrogen (secondary N) is 3. The van der Waals surface area contributed by atoms with E-state index in [1.54, 1.807) is 6.07 Å². The van der Waals surface area contributed by atoms with Crippen molar-refractivity contribution in [1.29, 1.82) is 0 Å². The minimum Gasteiger partial charge on any atom is -0.492 e. The maximum absolute atomic E-state index is 13.9. The molecule has 202 valence electrons. The Kier molecular flexibility index (Phi) is 7.85. The number of aliphatic hydroxyl groups is 1. The van der Waals surface area contributed by atoms with Crippen LogP contribution in [0.25, 0.3) is 10.9 Å². The van der Waals surface area contributed by atoms with Gasteiger partial charge in [0.2, 0.25) is 0 Å². The van der Waals surface area contributed by atoms with E-state index in [0.717, 1.165) is 18.2 Å². The van der Waals surface area contributed by atoms with Gasteiger partial charge in [0.1, 0.15) is 24.0 Å². The van der Waals surface area contributed by atoms with Crippen LogP contribution in [0.1, 0.15) is 17.4 Å². The highest BCUT2D eigenvalue weighted by molar-refractivity contribution is 7.92. The third-order valence-corrected chi connectivity index (χ3v) is 6.83. The second-order valence-electron chi connectivity index (χ2n) is 8.13. The van der Waals surface area contributed by atoms with E-state index >= 15 is 0 Å². The number of sulfonamides is 1. The van der Waals surface area contributed by atoms with Crippen LogP contribution < -0.4 is 14.8 Å². The molecule has 0 fully saturated rings. The molecule has 0 amide bonds. The molecule has 1 aromatic heterocycles. The normalized spacial score (nSPS) is 13.0. The lowest BCUT2D eigenvalue weighted by Crippen LogP contribution is -2.26. The van der Waals surface area contributed by atoms with Crippen molar-refractivity contribution < 1.29 is 40.2 Å². The molecule has 0 saturated carbocycles. The van der Waals surface area contributed by atoms with E-state index in [2.05, 4.69) is 20.2 Å². The molecule has 1 atom stereocenters. The second-order valence-corrected chi connectivity index (χ2v) is 9.75. The number of aliphatic hydroxyl groups excluding tert-OH is 1. The summed E-state index contributed by atoms with van der Waals surface area (Å²) in [5.41, 5.74) is -0.509. The Morgan fingerprint density at radius 3 is 2.45 bits per heavy atom. The molecule has 0 aliphatic carbocycles. The standard InChI is InChI=1S/C24H21F5N4O4S/c25-18-5-2-6-19(26)22(18)38(35,36)33-15-4-1-3-14(11-15)21(34)13-30-9-10-37-16-7-8-17-20(12-16)31-32-23(17)24(27,28)29/h1-8,11-12,21,30,33-34H,9-10,13H2,(H,31,32)/t21-/m0/s1. The van der Waals surface area contributed by atoms with Crippen molar-refractivity contribution in [3.05, 3.63) is 83.6 Å². The third kappa shape index (κ3) is 6.20. The predicted octanol–water partition coefficient (Wildman–Crippen LogP) is 4.36. The van der Waals surface area contributed by atoms with Crippen molar-refractivity contribution in [2.24, 2.45) is 0 Å². The number of aromatic amines is 1. The number of aromatic nitrogens is 2. The van der Waals surface area contributed by atoms with Gasteiger partial charge in [0.25, 0.3) is 10.0 Å². The molecule has 38 heavy (non-hydrogen) atoms. The molecular weight excluding hydrogens is 535 g/mol. The van der Waals surface area contributed by atoms with Crippen molar-refractivity contribution in [1.82, 2.24) is 15.5 Å². The Bertz CT molecular complexity index is 1520. The number of rotatable bonds is 10. The Morgan fingerprint density at radius 2 is 1.74 bits per heavy atom. The molecule has 0 bridgehead atoms. The van der Waals surface area contributed by atoms with E-state index in [0.29, 0.717) is 11.3 Å². The van der Waals surface area contributed by atoms with Crippen LogP contribution in [0.15, 0.2) is 65.6 Å². The smallest absolute Gasteiger partial charge is 0.435 e. The van der Waals surface area contributed by atoms with Crippen molar-refractivity contribution in [2.45, 2.75) is 17.2 Å². The van der Waals surface area contributed by atoms with Crippen LogP contribution in [0.2, 0.25) is 0 Å². The number of benzene rings is 3. The third-order valence-electron chi connectivity index (χ3n) is 5.40. The number of H-pyrrole nitrogens is 1. The number of alkyl halides is 3. The Morgan fingerprint density at radius 1 is 1.03 bits per heavy atom. The molecule has 14 heteroatoms. The fourth-order valence-electron chi connectivity index (χ4n) is 3.66. The second kappa shape index (κ2) is 10.9. The largest absolute Gasteiger partial charge is 0.492 e. The number of nitrogens with zero attached hydrogens (tertiary/aromatic N) is 1. The van der Waals surface area contributed by atoms with E-state index in [9.17, 15) is 35.5 Å². The van der Waals surface area contributed by atoms with Gasteiger partial charge in [-0.1, -0.05) is 18.2 Å².